The van der Waals surface area contributed by atoms with Gasteiger partial charge in [-0.2, -0.15) is 10.2 Å². The molecule has 0 atom stereocenters. The predicted octanol–water partition coefficient (Wildman–Crippen LogP) is 5.25. The molecule has 2 heterocycles. The maximum absolute atomic E-state index is 12.0. The molecule has 3 aromatic rings. The Morgan fingerprint density at radius 3 is 2.63 bits per heavy atom. The number of azo groups is 1. The lowest BCUT2D eigenvalue weighted by Crippen LogP contribution is -2.37. The SMILES string of the molecule is CCn1c2ccccc2c2cc(N=NC=C3C=CN(C)C(=O)N3C)ccc21. The second-order valence-electron chi connectivity index (χ2n) is 6.50. The summed E-state index contributed by atoms with van der Waals surface area (Å²) in [4.78, 5) is 15.0. The Balaban J connectivity index is 1.70. The summed E-state index contributed by atoms with van der Waals surface area (Å²) in [5, 5.41) is 10.9. The summed E-state index contributed by atoms with van der Waals surface area (Å²) < 4.78 is 2.30. The van der Waals surface area contributed by atoms with E-state index in [1.54, 1.807) is 26.5 Å². The highest BCUT2D eigenvalue weighted by Gasteiger charge is 2.18. The lowest BCUT2D eigenvalue weighted by Gasteiger charge is -2.26. The highest BCUT2D eigenvalue weighted by Crippen LogP contribution is 2.31. The first-order valence-corrected chi connectivity index (χ1v) is 8.91. The van der Waals surface area contributed by atoms with E-state index in [0.717, 1.165) is 12.2 Å². The molecule has 6 nitrogen and oxygen atoms in total. The molecule has 6 heteroatoms. The van der Waals surface area contributed by atoms with Gasteiger partial charge in [-0.15, -0.1) is 0 Å². The van der Waals surface area contributed by atoms with E-state index in [-0.39, 0.29) is 6.03 Å². The molecule has 4 rings (SSSR count). The maximum atomic E-state index is 12.0. The van der Waals surface area contributed by atoms with Crippen LogP contribution in [0, 0.1) is 0 Å². The number of amides is 2. The third-order valence-corrected chi connectivity index (χ3v) is 4.88. The molecule has 0 spiro atoms. The largest absolute Gasteiger partial charge is 0.341 e. The predicted molar refractivity (Wildman–Crippen MR) is 108 cm³/mol. The summed E-state index contributed by atoms with van der Waals surface area (Å²) >= 11 is 0. The molecular formula is C21H21N5O. The number of likely N-dealkylation sites (N-methyl/N-ethyl adjacent to an activating group) is 1. The van der Waals surface area contributed by atoms with E-state index in [1.165, 1.54) is 31.6 Å². The number of carbonyl (C=O) groups is 1. The fourth-order valence-corrected chi connectivity index (χ4v) is 3.44. The van der Waals surface area contributed by atoms with Crippen molar-refractivity contribution >= 4 is 33.5 Å². The van der Waals surface area contributed by atoms with Crippen LogP contribution in [0.5, 0.6) is 0 Å². The Morgan fingerprint density at radius 2 is 1.81 bits per heavy atom. The van der Waals surface area contributed by atoms with E-state index in [9.17, 15) is 4.79 Å². The number of para-hydroxylation sites is 1. The number of hydrogen-bond acceptors (Lipinski definition) is 3. The number of urea groups is 1. The molecule has 0 saturated carbocycles. The van der Waals surface area contributed by atoms with Crippen LogP contribution >= 0.6 is 0 Å². The fraction of sp³-hybridized carbons (Fsp3) is 0.190. The van der Waals surface area contributed by atoms with Crippen LogP contribution < -0.4 is 0 Å². The van der Waals surface area contributed by atoms with Gasteiger partial charge in [0.15, 0.2) is 0 Å². The Hall–Kier alpha value is -3.41. The summed E-state index contributed by atoms with van der Waals surface area (Å²) in [7, 11) is 3.44. The number of hydrogen-bond donors (Lipinski definition) is 0. The Morgan fingerprint density at radius 1 is 1.04 bits per heavy atom. The molecule has 2 amide bonds. The molecule has 1 aliphatic heterocycles. The number of nitrogens with zero attached hydrogens (tertiary/aromatic N) is 5. The zero-order valence-corrected chi connectivity index (χ0v) is 15.6. The summed E-state index contributed by atoms with van der Waals surface area (Å²) in [6.45, 7) is 3.07. The zero-order chi connectivity index (χ0) is 19.0. The van der Waals surface area contributed by atoms with Gasteiger partial charge in [-0.3, -0.25) is 4.90 Å². The quantitative estimate of drug-likeness (QED) is 0.589. The Labute approximate surface area is 157 Å². The van der Waals surface area contributed by atoms with Gasteiger partial charge in [0.05, 0.1) is 17.6 Å². The average Bonchev–Trinajstić information content (AvgIpc) is 3.01. The first-order chi connectivity index (χ1) is 13.1. The summed E-state index contributed by atoms with van der Waals surface area (Å²) in [6, 6.07) is 14.4. The molecule has 0 bridgehead atoms. The van der Waals surface area contributed by atoms with Crippen LogP contribution in [0.4, 0.5) is 10.5 Å². The molecule has 0 saturated heterocycles. The van der Waals surface area contributed by atoms with E-state index < -0.39 is 0 Å². The molecule has 0 N–H and O–H groups in total. The standard InChI is InChI=1S/C21H21N5O/c1-4-26-19-8-6-5-7-17(19)18-13-15(9-10-20(18)26)23-22-14-16-11-12-24(2)21(27)25(16)3/h5-14H,4H2,1-3H3. The van der Waals surface area contributed by atoms with Crippen LogP contribution in [0.25, 0.3) is 21.8 Å². The van der Waals surface area contributed by atoms with E-state index in [2.05, 4.69) is 58.1 Å². The summed E-state index contributed by atoms with van der Waals surface area (Å²) in [5.74, 6) is 0. The average molecular weight is 359 g/mol. The van der Waals surface area contributed by atoms with Crippen molar-refractivity contribution in [2.24, 2.45) is 10.2 Å². The minimum absolute atomic E-state index is 0.104. The highest BCUT2D eigenvalue weighted by molar-refractivity contribution is 6.08. The lowest BCUT2D eigenvalue weighted by molar-refractivity contribution is 0.195. The first-order valence-electron chi connectivity index (χ1n) is 8.91. The van der Waals surface area contributed by atoms with Crippen molar-refractivity contribution in [1.82, 2.24) is 14.4 Å². The number of allylic oxidation sites excluding steroid dienone is 1. The summed E-state index contributed by atoms with van der Waals surface area (Å²) in [6.07, 6.45) is 5.15. The minimum Gasteiger partial charge on any atom is -0.341 e. The van der Waals surface area contributed by atoms with E-state index in [1.807, 2.05) is 12.1 Å². The van der Waals surface area contributed by atoms with E-state index in [4.69, 9.17) is 0 Å². The first kappa shape index (κ1) is 17.0. The third kappa shape index (κ3) is 2.89. The van der Waals surface area contributed by atoms with Gasteiger partial charge >= 0.3 is 6.03 Å². The molecule has 136 valence electrons. The number of fused-ring (bicyclic) bond motifs is 3. The maximum Gasteiger partial charge on any atom is 0.328 e. The molecule has 0 fully saturated rings. The van der Waals surface area contributed by atoms with Crippen molar-refractivity contribution in [3.8, 4) is 0 Å². The topological polar surface area (TPSA) is 53.2 Å². The number of aryl methyl sites for hydroxylation is 1. The molecule has 1 aromatic heterocycles. The molecule has 0 unspecified atom stereocenters. The van der Waals surface area contributed by atoms with Gasteiger partial charge in [0.2, 0.25) is 0 Å². The smallest absolute Gasteiger partial charge is 0.328 e. The third-order valence-electron chi connectivity index (χ3n) is 4.88. The van der Waals surface area contributed by atoms with Crippen molar-refractivity contribution < 1.29 is 4.79 Å². The van der Waals surface area contributed by atoms with E-state index >= 15 is 0 Å². The van der Waals surface area contributed by atoms with Crippen LogP contribution in [0.15, 0.2) is 76.9 Å². The van der Waals surface area contributed by atoms with Gasteiger partial charge in [0.25, 0.3) is 0 Å². The summed E-state index contributed by atoms with van der Waals surface area (Å²) in [5.41, 5.74) is 3.90. The van der Waals surface area contributed by atoms with Gasteiger partial charge in [-0.25, -0.2) is 4.79 Å². The molecule has 0 radical (unpaired) electrons. The van der Waals surface area contributed by atoms with Gasteiger partial charge in [-0.05, 0) is 37.3 Å². The Kier molecular flexibility index (Phi) is 4.24. The Bertz CT molecular complexity index is 1120. The van der Waals surface area contributed by atoms with E-state index in [0.29, 0.717) is 5.70 Å². The van der Waals surface area contributed by atoms with Gasteiger partial charge in [-0.1, -0.05) is 18.2 Å². The number of carbonyl (C=O) groups excluding carboxylic acids is 1. The second-order valence-corrected chi connectivity index (χ2v) is 6.50. The van der Waals surface area contributed by atoms with Crippen LogP contribution in [0.2, 0.25) is 0 Å². The van der Waals surface area contributed by atoms with Gasteiger partial charge < -0.3 is 9.47 Å². The van der Waals surface area contributed by atoms with Crippen LogP contribution in [-0.4, -0.2) is 34.5 Å². The lowest BCUT2D eigenvalue weighted by atomic mass is 10.1. The molecule has 27 heavy (non-hydrogen) atoms. The van der Waals surface area contributed by atoms with Crippen molar-refractivity contribution in [1.29, 1.82) is 0 Å². The number of benzene rings is 2. The van der Waals surface area contributed by atoms with Crippen LogP contribution in [0.1, 0.15) is 6.92 Å². The molecule has 2 aromatic carbocycles. The molecular weight excluding hydrogens is 338 g/mol. The van der Waals surface area contributed by atoms with Crippen LogP contribution in [-0.2, 0) is 6.54 Å². The fourth-order valence-electron chi connectivity index (χ4n) is 3.44. The van der Waals surface area contributed by atoms with Crippen LogP contribution in [0.3, 0.4) is 0 Å². The molecule has 0 aliphatic carbocycles. The normalized spacial score (nSPS) is 16.6. The second kappa shape index (κ2) is 6.72. The van der Waals surface area contributed by atoms with Crippen molar-refractivity contribution in [3.63, 3.8) is 0 Å². The van der Waals surface area contributed by atoms with Gasteiger partial charge in [0, 0.05) is 48.6 Å². The minimum atomic E-state index is -0.104. The molecule has 1 aliphatic rings. The monoisotopic (exact) mass is 359 g/mol. The highest BCUT2D eigenvalue weighted by atomic mass is 16.2. The van der Waals surface area contributed by atoms with Gasteiger partial charge in [0.1, 0.15) is 0 Å². The van der Waals surface area contributed by atoms with Crippen molar-refractivity contribution in [2.45, 2.75) is 13.5 Å². The zero-order valence-electron chi connectivity index (χ0n) is 15.6. The number of aromatic nitrogens is 1. The van der Waals surface area contributed by atoms with Crippen molar-refractivity contribution in [3.05, 3.63) is 66.6 Å². The van der Waals surface area contributed by atoms with Crippen molar-refractivity contribution in [2.75, 3.05) is 14.1 Å². The number of rotatable bonds is 3.